The monoisotopic (exact) mass is 300 g/mol. The van der Waals surface area contributed by atoms with Crippen molar-refractivity contribution in [2.45, 2.75) is 56.8 Å². The first kappa shape index (κ1) is 16.7. The van der Waals surface area contributed by atoms with Crippen LogP contribution < -0.4 is 21.7 Å². The van der Waals surface area contributed by atoms with E-state index >= 15 is 0 Å². The fourth-order valence-corrected chi connectivity index (χ4v) is 2.40. The standard InChI is InChI=1S/C14H28N4O3/c1-9(21-14(20)13-8-17-13)5-11-12(18-11)7-16-6-10(19)3-2-4-15/h8-12,14,16-20H,2-7,15H2,1H3. The van der Waals surface area contributed by atoms with Gasteiger partial charge in [0.2, 0.25) is 0 Å². The minimum atomic E-state index is -0.826. The minimum absolute atomic E-state index is 0.000875. The Hall–Kier alpha value is -0.700. The van der Waals surface area contributed by atoms with Gasteiger partial charge < -0.3 is 36.6 Å². The first-order chi connectivity index (χ1) is 10.1. The highest BCUT2D eigenvalue weighted by molar-refractivity contribution is 5.18. The zero-order valence-electron chi connectivity index (χ0n) is 12.6. The van der Waals surface area contributed by atoms with E-state index in [1.807, 2.05) is 6.92 Å². The molecule has 0 spiro atoms. The Morgan fingerprint density at radius 1 is 1.43 bits per heavy atom. The van der Waals surface area contributed by atoms with Crippen molar-refractivity contribution in [3.8, 4) is 0 Å². The van der Waals surface area contributed by atoms with Crippen LogP contribution in [0.4, 0.5) is 0 Å². The van der Waals surface area contributed by atoms with E-state index in [1.54, 1.807) is 6.20 Å². The van der Waals surface area contributed by atoms with Crippen molar-refractivity contribution < 1.29 is 14.9 Å². The van der Waals surface area contributed by atoms with Gasteiger partial charge in [0.05, 0.1) is 17.9 Å². The second kappa shape index (κ2) is 8.07. The van der Waals surface area contributed by atoms with Gasteiger partial charge in [0.25, 0.3) is 0 Å². The lowest BCUT2D eigenvalue weighted by molar-refractivity contribution is -0.106. The third-order valence-corrected chi connectivity index (χ3v) is 3.81. The van der Waals surface area contributed by atoms with E-state index in [1.165, 1.54) is 0 Å². The van der Waals surface area contributed by atoms with Crippen LogP contribution in [0.3, 0.4) is 0 Å². The lowest BCUT2D eigenvalue weighted by Gasteiger charge is -2.15. The molecule has 7 N–H and O–H groups in total. The zero-order chi connectivity index (χ0) is 15.2. The molecular formula is C14H28N4O3. The van der Waals surface area contributed by atoms with E-state index in [0.717, 1.165) is 31.5 Å². The Bertz CT molecular complexity index is 353. The van der Waals surface area contributed by atoms with Crippen LogP contribution in [0.1, 0.15) is 26.2 Å². The Morgan fingerprint density at radius 3 is 2.86 bits per heavy atom. The second-order valence-electron chi connectivity index (χ2n) is 5.90. The number of rotatable bonds is 12. The number of aliphatic hydroxyl groups is 2. The van der Waals surface area contributed by atoms with E-state index in [-0.39, 0.29) is 12.2 Å². The molecule has 0 aromatic rings. The molecule has 0 amide bonds. The van der Waals surface area contributed by atoms with Gasteiger partial charge in [0.15, 0.2) is 6.29 Å². The second-order valence-corrected chi connectivity index (χ2v) is 5.90. The SMILES string of the molecule is CC(CC1NC1CNCC(O)CCCN)OC(O)C1=CN1. The highest BCUT2D eigenvalue weighted by Gasteiger charge is 2.37. The molecule has 0 saturated carbocycles. The molecule has 7 nitrogen and oxygen atoms in total. The topological polar surface area (TPSA) is 132 Å². The molecule has 5 atom stereocenters. The van der Waals surface area contributed by atoms with Gasteiger partial charge in [-0.05, 0) is 32.7 Å². The average molecular weight is 300 g/mol. The summed E-state index contributed by atoms with van der Waals surface area (Å²) in [6.07, 6.45) is 3.06. The summed E-state index contributed by atoms with van der Waals surface area (Å²) in [4.78, 5) is 0. The summed E-state index contributed by atoms with van der Waals surface area (Å²) in [5.74, 6) is 0. The van der Waals surface area contributed by atoms with Crippen molar-refractivity contribution >= 4 is 0 Å². The van der Waals surface area contributed by atoms with Crippen molar-refractivity contribution in [1.29, 1.82) is 0 Å². The van der Waals surface area contributed by atoms with Crippen LogP contribution in [-0.2, 0) is 4.74 Å². The maximum Gasteiger partial charge on any atom is 0.198 e. The summed E-state index contributed by atoms with van der Waals surface area (Å²) in [7, 11) is 0. The van der Waals surface area contributed by atoms with Crippen molar-refractivity contribution in [2.75, 3.05) is 19.6 Å². The summed E-state index contributed by atoms with van der Waals surface area (Å²) >= 11 is 0. The molecule has 2 aliphatic heterocycles. The molecule has 5 unspecified atom stereocenters. The quantitative estimate of drug-likeness (QED) is 0.192. The van der Waals surface area contributed by atoms with Crippen LogP contribution in [0, 0.1) is 0 Å². The molecule has 1 fully saturated rings. The smallest absolute Gasteiger partial charge is 0.198 e. The average Bonchev–Trinajstić information content (AvgIpc) is 3.31. The molecule has 0 aromatic heterocycles. The molecule has 7 heteroatoms. The predicted molar refractivity (Wildman–Crippen MR) is 80.3 cm³/mol. The number of hydrogen-bond acceptors (Lipinski definition) is 7. The number of hydrogen-bond donors (Lipinski definition) is 6. The first-order valence-electron chi connectivity index (χ1n) is 7.75. The molecule has 21 heavy (non-hydrogen) atoms. The van der Waals surface area contributed by atoms with E-state index < -0.39 is 6.29 Å². The Labute approximate surface area is 125 Å². The fraction of sp³-hybridized carbons (Fsp3) is 0.857. The predicted octanol–water partition coefficient (Wildman–Crippen LogP) is -1.43. The van der Waals surface area contributed by atoms with Gasteiger partial charge in [0, 0.05) is 31.4 Å². The molecule has 0 radical (unpaired) electrons. The number of ether oxygens (including phenoxy) is 1. The van der Waals surface area contributed by atoms with Crippen LogP contribution in [0.2, 0.25) is 0 Å². The fourth-order valence-electron chi connectivity index (χ4n) is 2.40. The van der Waals surface area contributed by atoms with E-state index in [0.29, 0.717) is 25.2 Å². The largest absolute Gasteiger partial charge is 0.392 e. The molecule has 1 saturated heterocycles. The van der Waals surface area contributed by atoms with Gasteiger partial charge in [-0.15, -0.1) is 0 Å². The third-order valence-electron chi connectivity index (χ3n) is 3.81. The normalized spacial score (nSPS) is 27.5. The minimum Gasteiger partial charge on any atom is -0.392 e. The van der Waals surface area contributed by atoms with Crippen molar-refractivity contribution in [2.24, 2.45) is 5.73 Å². The molecule has 0 aliphatic carbocycles. The van der Waals surface area contributed by atoms with E-state index in [2.05, 4.69) is 16.0 Å². The van der Waals surface area contributed by atoms with Crippen LogP contribution in [0.15, 0.2) is 11.9 Å². The highest BCUT2D eigenvalue weighted by atomic mass is 16.6. The summed E-state index contributed by atoms with van der Waals surface area (Å²) < 4.78 is 5.47. The van der Waals surface area contributed by atoms with Gasteiger partial charge in [-0.3, -0.25) is 0 Å². The summed E-state index contributed by atoms with van der Waals surface area (Å²) in [6, 6.07) is 0.843. The lowest BCUT2D eigenvalue weighted by Crippen LogP contribution is -2.31. The summed E-state index contributed by atoms with van der Waals surface area (Å²) in [5.41, 5.74) is 6.15. The Balaban J connectivity index is 1.48. The van der Waals surface area contributed by atoms with Gasteiger partial charge in [-0.1, -0.05) is 0 Å². The van der Waals surface area contributed by atoms with Gasteiger partial charge in [0.1, 0.15) is 0 Å². The van der Waals surface area contributed by atoms with Crippen molar-refractivity contribution in [3.05, 3.63) is 11.9 Å². The molecule has 2 heterocycles. The first-order valence-corrected chi connectivity index (χ1v) is 7.75. The van der Waals surface area contributed by atoms with Gasteiger partial charge in [-0.2, -0.15) is 0 Å². The van der Waals surface area contributed by atoms with Crippen molar-refractivity contribution in [3.63, 3.8) is 0 Å². The zero-order valence-corrected chi connectivity index (χ0v) is 12.6. The molecular weight excluding hydrogens is 272 g/mol. The third kappa shape index (κ3) is 6.29. The molecule has 122 valence electrons. The lowest BCUT2D eigenvalue weighted by atomic mass is 10.1. The highest BCUT2D eigenvalue weighted by Crippen LogP contribution is 2.20. The Morgan fingerprint density at radius 2 is 2.19 bits per heavy atom. The van der Waals surface area contributed by atoms with Crippen LogP contribution in [0.5, 0.6) is 0 Å². The molecule has 2 aliphatic rings. The molecule has 2 rings (SSSR count). The Kier molecular flexibility index (Phi) is 6.40. The summed E-state index contributed by atoms with van der Waals surface area (Å²) in [6.45, 7) is 4.04. The number of aliphatic hydroxyl groups excluding tert-OH is 2. The maximum atomic E-state index is 9.68. The molecule has 0 aromatic carbocycles. The molecule has 0 bridgehead atoms. The van der Waals surface area contributed by atoms with Gasteiger partial charge >= 0.3 is 0 Å². The maximum absolute atomic E-state index is 9.68. The number of nitrogens with two attached hydrogens (primary N) is 1. The number of nitrogens with one attached hydrogen (secondary N) is 3. The van der Waals surface area contributed by atoms with Crippen molar-refractivity contribution in [1.82, 2.24) is 16.0 Å². The van der Waals surface area contributed by atoms with Crippen LogP contribution >= 0.6 is 0 Å². The summed E-state index contributed by atoms with van der Waals surface area (Å²) in [5, 5.41) is 28.8. The van der Waals surface area contributed by atoms with Crippen LogP contribution in [0.25, 0.3) is 0 Å². The van der Waals surface area contributed by atoms with Gasteiger partial charge in [-0.25, -0.2) is 0 Å². The van der Waals surface area contributed by atoms with Crippen LogP contribution in [-0.4, -0.2) is 60.4 Å². The van der Waals surface area contributed by atoms with E-state index in [4.69, 9.17) is 10.5 Å². The van der Waals surface area contributed by atoms with E-state index in [9.17, 15) is 10.2 Å².